The summed E-state index contributed by atoms with van der Waals surface area (Å²) in [6.07, 6.45) is 1.30. The first kappa shape index (κ1) is 19.9. The highest BCUT2D eigenvalue weighted by atomic mass is 35.5. The van der Waals surface area contributed by atoms with Crippen LogP contribution in [0.25, 0.3) is 10.8 Å². The van der Waals surface area contributed by atoms with Crippen molar-refractivity contribution in [3.8, 4) is 0 Å². The van der Waals surface area contributed by atoms with Crippen LogP contribution in [0.3, 0.4) is 0 Å². The number of piperidine rings is 1. The minimum absolute atomic E-state index is 0.156. The van der Waals surface area contributed by atoms with E-state index in [1.165, 1.54) is 16.4 Å². The van der Waals surface area contributed by atoms with Gasteiger partial charge < -0.3 is 5.32 Å². The van der Waals surface area contributed by atoms with Gasteiger partial charge in [0.1, 0.15) is 0 Å². The molecule has 1 atom stereocenters. The highest BCUT2D eigenvalue weighted by Gasteiger charge is 2.33. The predicted molar refractivity (Wildman–Crippen MR) is 116 cm³/mol. The van der Waals surface area contributed by atoms with E-state index >= 15 is 0 Å². The second kappa shape index (κ2) is 8.14. The molecule has 7 heteroatoms. The van der Waals surface area contributed by atoms with Gasteiger partial charge in [0.25, 0.3) is 0 Å². The van der Waals surface area contributed by atoms with Crippen LogP contribution in [0.15, 0.2) is 71.6 Å². The van der Waals surface area contributed by atoms with Crippen molar-refractivity contribution in [2.75, 3.05) is 18.4 Å². The Kier molecular flexibility index (Phi) is 5.58. The summed E-state index contributed by atoms with van der Waals surface area (Å²) in [6, 6.07) is 19.8. The highest BCUT2D eigenvalue weighted by molar-refractivity contribution is 7.89. The Morgan fingerprint density at radius 2 is 1.72 bits per heavy atom. The van der Waals surface area contributed by atoms with Crippen molar-refractivity contribution in [1.29, 1.82) is 0 Å². The Morgan fingerprint density at radius 1 is 1.00 bits per heavy atom. The molecular weight excluding hydrogens is 408 g/mol. The number of benzene rings is 3. The van der Waals surface area contributed by atoms with Gasteiger partial charge in [-0.3, -0.25) is 4.79 Å². The fourth-order valence-corrected chi connectivity index (χ4v) is 5.29. The molecule has 3 aromatic rings. The van der Waals surface area contributed by atoms with E-state index in [0.717, 1.165) is 10.8 Å². The lowest BCUT2D eigenvalue weighted by Crippen LogP contribution is -2.43. The molecule has 1 unspecified atom stereocenters. The maximum atomic E-state index is 12.9. The van der Waals surface area contributed by atoms with E-state index in [4.69, 9.17) is 11.6 Å². The van der Waals surface area contributed by atoms with Crippen molar-refractivity contribution >= 4 is 44.0 Å². The number of hydrogen-bond donors (Lipinski definition) is 1. The first-order chi connectivity index (χ1) is 13.9. The smallest absolute Gasteiger partial charge is 0.243 e. The molecule has 1 aliphatic rings. The van der Waals surface area contributed by atoms with Crippen LogP contribution in [0.4, 0.5) is 5.69 Å². The number of halogens is 1. The number of sulfonamides is 1. The highest BCUT2D eigenvalue weighted by Crippen LogP contribution is 2.26. The van der Waals surface area contributed by atoms with Gasteiger partial charge in [0.2, 0.25) is 15.9 Å². The summed E-state index contributed by atoms with van der Waals surface area (Å²) in [6.45, 7) is 0.578. The second-order valence-corrected chi connectivity index (χ2v) is 9.58. The van der Waals surface area contributed by atoms with E-state index in [2.05, 4.69) is 5.32 Å². The normalized spacial score (nSPS) is 17.9. The molecule has 1 aliphatic heterocycles. The molecule has 5 nitrogen and oxygen atoms in total. The average molecular weight is 429 g/mol. The standard InChI is InChI=1S/C22H21ClN2O3S/c23-19-8-11-21(12-9-19)29(27,28)25-13-3-6-18(15-25)22(26)24-20-10-7-16-4-1-2-5-17(16)14-20/h1-2,4-5,7-12,14,18H,3,6,13,15H2,(H,24,26). The number of nitrogens with zero attached hydrogens (tertiary/aromatic N) is 1. The van der Waals surface area contributed by atoms with E-state index in [9.17, 15) is 13.2 Å². The van der Waals surface area contributed by atoms with E-state index in [0.29, 0.717) is 30.1 Å². The van der Waals surface area contributed by atoms with Gasteiger partial charge in [-0.2, -0.15) is 4.31 Å². The van der Waals surface area contributed by atoms with E-state index in [-0.39, 0.29) is 17.3 Å². The Bertz CT molecular complexity index is 1150. The van der Waals surface area contributed by atoms with Crippen LogP contribution >= 0.6 is 11.6 Å². The van der Waals surface area contributed by atoms with Crippen LogP contribution in [-0.4, -0.2) is 31.7 Å². The van der Waals surface area contributed by atoms with Gasteiger partial charge in [-0.05, 0) is 60.0 Å². The molecule has 1 amide bonds. The van der Waals surface area contributed by atoms with Gasteiger partial charge in [0, 0.05) is 23.8 Å². The largest absolute Gasteiger partial charge is 0.326 e. The molecule has 0 bridgehead atoms. The maximum Gasteiger partial charge on any atom is 0.243 e. The molecule has 0 saturated carbocycles. The molecule has 4 rings (SSSR count). The topological polar surface area (TPSA) is 66.5 Å². The van der Waals surface area contributed by atoms with Crippen molar-refractivity contribution in [2.45, 2.75) is 17.7 Å². The molecular formula is C22H21ClN2O3S. The summed E-state index contributed by atoms with van der Waals surface area (Å²) >= 11 is 5.86. The first-order valence-corrected chi connectivity index (χ1v) is 11.3. The lowest BCUT2D eigenvalue weighted by molar-refractivity contribution is -0.120. The quantitative estimate of drug-likeness (QED) is 0.663. The van der Waals surface area contributed by atoms with E-state index in [1.807, 2.05) is 42.5 Å². The number of hydrogen-bond acceptors (Lipinski definition) is 3. The van der Waals surface area contributed by atoms with Crippen molar-refractivity contribution in [3.05, 3.63) is 71.8 Å². The van der Waals surface area contributed by atoms with Gasteiger partial charge >= 0.3 is 0 Å². The summed E-state index contributed by atoms with van der Waals surface area (Å²) < 4.78 is 27.2. The molecule has 1 saturated heterocycles. The summed E-state index contributed by atoms with van der Waals surface area (Å²) in [7, 11) is -3.65. The van der Waals surface area contributed by atoms with Crippen LogP contribution in [-0.2, 0) is 14.8 Å². The summed E-state index contributed by atoms with van der Waals surface area (Å²) in [4.78, 5) is 13.0. The van der Waals surface area contributed by atoms with Crippen molar-refractivity contribution in [2.24, 2.45) is 5.92 Å². The Morgan fingerprint density at radius 3 is 2.48 bits per heavy atom. The minimum Gasteiger partial charge on any atom is -0.326 e. The first-order valence-electron chi connectivity index (χ1n) is 9.49. The number of nitrogens with one attached hydrogen (secondary N) is 1. The molecule has 150 valence electrons. The Balaban J connectivity index is 1.48. The van der Waals surface area contributed by atoms with E-state index in [1.54, 1.807) is 12.1 Å². The van der Waals surface area contributed by atoms with Crippen LogP contribution in [0, 0.1) is 5.92 Å². The van der Waals surface area contributed by atoms with Gasteiger partial charge in [0.05, 0.1) is 10.8 Å². The fraction of sp³-hybridized carbons (Fsp3) is 0.227. The lowest BCUT2D eigenvalue weighted by atomic mass is 9.98. The van der Waals surface area contributed by atoms with Gasteiger partial charge in [0.15, 0.2) is 0 Å². The minimum atomic E-state index is -3.65. The monoisotopic (exact) mass is 428 g/mol. The Hall–Kier alpha value is -2.41. The van der Waals surface area contributed by atoms with Crippen LogP contribution in [0.1, 0.15) is 12.8 Å². The predicted octanol–water partition coefficient (Wildman–Crippen LogP) is 4.53. The Labute approximate surface area is 175 Å². The zero-order valence-electron chi connectivity index (χ0n) is 15.7. The second-order valence-electron chi connectivity index (χ2n) is 7.21. The summed E-state index contributed by atoms with van der Waals surface area (Å²) in [5, 5.41) is 5.57. The number of rotatable bonds is 4. The van der Waals surface area contributed by atoms with Crippen LogP contribution in [0.2, 0.25) is 5.02 Å². The molecule has 3 aromatic carbocycles. The molecule has 0 radical (unpaired) electrons. The molecule has 0 aliphatic carbocycles. The fourth-order valence-electron chi connectivity index (χ4n) is 3.64. The number of carbonyl (C=O) groups is 1. The molecule has 0 aromatic heterocycles. The summed E-state index contributed by atoms with van der Waals surface area (Å²) in [5.41, 5.74) is 0.714. The zero-order chi connectivity index (χ0) is 20.4. The third-order valence-corrected chi connectivity index (χ3v) is 7.35. The molecule has 1 N–H and O–H groups in total. The van der Waals surface area contributed by atoms with Crippen molar-refractivity contribution in [3.63, 3.8) is 0 Å². The number of anilines is 1. The third-order valence-electron chi connectivity index (χ3n) is 5.22. The molecule has 1 heterocycles. The number of fused-ring (bicyclic) bond motifs is 1. The van der Waals surface area contributed by atoms with Gasteiger partial charge in [-0.25, -0.2) is 8.42 Å². The zero-order valence-corrected chi connectivity index (χ0v) is 17.3. The van der Waals surface area contributed by atoms with E-state index < -0.39 is 15.9 Å². The SMILES string of the molecule is O=C(Nc1ccc2ccccc2c1)C1CCCN(S(=O)(=O)c2ccc(Cl)cc2)C1. The van der Waals surface area contributed by atoms with Gasteiger partial charge in [-0.1, -0.05) is 41.9 Å². The van der Waals surface area contributed by atoms with Crippen molar-refractivity contribution in [1.82, 2.24) is 4.31 Å². The molecule has 29 heavy (non-hydrogen) atoms. The average Bonchev–Trinajstić information content (AvgIpc) is 2.74. The summed E-state index contributed by atoms with van der Waals surface area (Å²) in [5.74, 6) is -0.548. The molecule has 1 fully saturated rings. The van der Waals surface area contributed by atoms with Crippen LogP contribution in [0.5, 0.6) is 0 Å². The maximum absolute atomic E-state index is 12.9. The van der Waals surface area contributed by atoms with Crippen LogP contribution < -0.4 is 5.32 Å². The third kappa shape index (κ3) is 4.29. The number of amides is 1. The number of carbonyl (C=O) groups excluding carboxylic acids is 1. The van der Waals surface area contributed by atoms with Crippen molar-refractivity contribution < 1.29 is 13.2 Å². The van der Waals surface area contributed by atoms with Gasteiger partial charge in [-0.15, -0.1) is 0 Å². The lowest BCUT2D eigenvalue weighted by Gasteiger charge is -2.31. The molecule has 0 spiro atoms.